The van der Waals surface area contributed by atoms with E-state index in [2.05, 4.69) is 27.6 Å². The second-order valence-corrected chi connectivity index (χ2v) is 3.48. The Bertz CT molecular complexity index is 406. The standard InChI is InChI=1S/C12H15N3/c1-13-8-7-12-11(9-14-15-12)10-5-3-2-4-6-10/h2-6,9,13H,7-8H2,1H3,(H,14,15). The van der Waals surface area contributed by atoms with Crippen molar-refractivity contribution in [3.05, 3.63) is 42.2 Å². The summed E-state index contributed by atoms with van der Waals surface area (Å²) in [7, 11) is 1.96. The second-order valence-electron chi connectivity index (χ2n) is 3.48. The Hall–Kier alpha value is -1.61. The van der Waals surface area contributed by atoms with Crippen LogP contribution in [0.5, 0.6) is 0 Å². The van der Waals surface area contributed by atoms with Crippen molar-refractivity contribution in [2.45, 2.75) is 6.42 Å². The third-order valence-electron chi connectivity index (χ3n) is 2.43. The Kier molecular flexibility index (Phi) is 3.15. The highest BCUT2D eigenvalue weighted by atomic mass is 15.1. The molecule has 0 aliphatic carbocycles. The zero-order valence-electron chi connectivity index (χ0n) is 8.83. The van der Waals surface area contributed by atoms with Crippen molar-refractivity contribution in [1.82, 2.24) is 15.5 Å². The highest BCUT2D eigenvalue weighted by Crippen LogP contribution is 2.21. The number of hydrogen-bond donors (Lipinski definition) is 2. The molecule has 0 saturated carbocycles. The molecule has 0 saturated heterocycles. The van der Waals surface area contributed by atoms with Crippen LogP contribution in [0.2, 0.25) is 0 Å². The molecule has 78 valence electrons. The van der Waals surface area contributed by atoms with Gasteiger partial charge in [-0.05, 0) is 12.6 Å². The number of hydrogen-bond acceptors (Lipinski definition) is 2. The summed E-state index contributed by atoms with van der Waals surface area (Å²) in [5, 5.41) is 10.3. The molecule has 15 heavy (non-hydrogen) atoms. The number of aromatic amines is 1. The predicted octanol–water partition coefficient (Wildman–Crippen LogP) is 1.84. The van der Waals surface area contributed by atoms with Crippen LogP contribution < -0.4 is 5.32 Å². The SMILES string of the molecule is CNCCc1[nH]ncc1-c1ccccc1. The van der Waals surface area contributed by atoms with E-state index in [1.807, 2.05) is 31.4 Å². The van der Waals surface area contributed by atoms with Gasteiger partial charge < -0.3 is 5.32 Å². The average molecular weight is 201 g/mol. The number of rotatable bonds is 4. The van der Waals surface area contributed by atoms with Crippen molar-refractivity contribution in [3.63, 3.8) is 0 Å². The van der Waals surface area contributed by atoms with E-state index in [0.717, 1.165) is 13.0 Å². The van der Waals surface area contributed by atoms with Crippen LogP contribution in [-0.2, 0) is 6.42 Å². The lowest BCUT2D eigenvalue weighted by molar-refractivity contribution is 0.773. The molecule has 0 spiro atoms. The summed E-state index contributed by atoms with van der Waals surface area (Å²) >= 11 is 0. The Morgan fingerprint density at radius 2 is 2.07 bits per heavy atom. The van der Waals surface area contributed by atoms with Gasteiger partial charge in [0, 0.05) is 24.2 Å². The quantitative estimate of drug-likeness (QED) is 0.792. The molecule has 0 aliphatic rings. The number of nitrogens with zero attached hydrogens (tertiary/aromatic N) is 1. The minimum atomic E-state index is 0.960. The summed E-state index contributed by atoms with van der Waals surface area (Å²) in [6.07, 6.45) is 2.86. The Balaban J connectivity index is 2.25. The van der Waals surface area contributed by atoms with Crippen molar-refractivity contribution < 1.29 is 0 Å². The smallest absolute Gasteiger partial charge is 0.0568 e. The molecular weight excluding hydrogens is 186 g/mol. The third-order valence-corrected chi connectivity index (χ3v) is 2.43. The molecule has 3 nitrogen and oxygen atoms in total. The maximum atomic E-state index is 4.10. The Morgan fingerprint density at radius 3 is 2.80 bits per heavy atom. The first-order valence-corrected chi connectivity index (χ1v) is 5.14. The maximum absolute atomic E-state index is 4.10. The molecule has 1 aromatic carbocycles. The van der Waals surface area contributed by atoms with Gasteiger partial charge in [0.1, 0.15) is 0 Å². The molecular formula is C12H15N3. The van der Waals surface area contributed by atoms with Crippen LogP contribution in [0.15, 0.2) is 36.5 Å². The predicted molar refractivity (Wildman–Crippen MR) is 61.7 cm³/mol. The summed E-state index contributed by atoms with van der Waals surface area (Å²) in [5.74, 6) is 0. The van der Waals surface area contributed by atoms with Gasteiger partial charge in [-0.15, -0.1) is 0 Å². The number of nitrogens with one attached hydrogen (secondary N) is 2. The highest BCUT2D eigenvalue weighted by molar-refractivity contribution is 5.64. The van der Waals surface area contributed by atoms with Crippen molar-refractivity contribution in [2.75, 3.05) is 13.6 Å². The van der Waals surface area contributed by atoms with E-state index in [1.54, 1.807) is 0 Å². The first kappa shape index (κ1) is 9.93. The van der Waals surface area contributed by atoms with E-state index >= 15 is 0 Å². The van der Waals surface area contributed by atoms with E-state index in [1.165, 1.54) is 16.8 Å². The van der Waals surface area contributed by atoms with E-state index in [4.69, 9.17) is 0 Å². The molecule has 2 aromatic rings. The van der Waals surface area contributed by atoms with Gasteiger partial charge in [-0.25, -0.2) is 0 Å². The first-order chi connectivity index (χ1) is 7.42. The van der Waals surface area contributed by atoms with E-state index in [-0.39, 0.29) is 0 Å². The van der Waals surface area contributed by atoms with Crippen molar-refractivity contribution in [1.29, 1.82) is 0 Å². The molecule has 1 heterocycles. The van der Waals surface area contributed by atoms with Gasteiger partial charge in [0.25, 0.3) is 0 Å². The zero-order chi connectivity index (χ0) is 10.5. The molecule has 3 heteroatoms. The van der Waals surface area contributed by atoms with Crippen molar-refractivity contribution in [3.8, 4) is 11.1 Å². The number of aromatic nitrogens is 2. The van der Waals surface area contributed by atoms with Crippen LogP contribution in [0.25, 0.3) is 11.1 Å². The summed E-state index contributed by atoms with van der Waals surface area (Å²) < 4.78 is 0. The number of likely N-dealkylation sites (N-methyl/N-ethyl adjacent to an activating group) is 1. The molecule has 0 atom stereocenters. The Labute approximate surface area is 89.5 Å². The lowest BCUT2D eigenvalue weighted by Gasteiger charge is -2.02. The van der Waals surface area contributed by atoms with Crippen LogP contribution in [0.3, 0.4) is 0 Å². The minimum absolute atomic E-state index is 0.960. The number of benzene rings is 1. The fourth-order valence-electron chi connectivity index (χ4n) is 1.62. The lowest BCUT2D eigenvalue weighted by atomic mass is 10.1. The van der Waals surface area contributed by atoms with Crippen LogP contribution in [0.4, 0.5) is 0 Å². The van der Waals surface area contributed by atoms with Crippen LogP contribution in [0, 0.1) is 0 Å². The molecule has 0 aliphatic heterocycles. The molecule has 2 N–H and O–H groups in total. The maximum Gasteiger partial charge on any atom is 0.0568 e. The lowest BCUT2D eigenvalue weighted by Crippen LogP contribution is -2.10. The van der Waals surface area contributed by atoms with Crippen LogP contribution in [0.1, 0.15) is 5.69 Å². The molecule has 0 amide bonds. The molecule has 2 rings (SSSR count). The fraction of sp³-hybridized carbons (Fsp3) is 0.250. The fourth-order valence-corrected chi connectivity index (χ4v) is 1.62. The van der Waals surface area contributed by atoms with Crippen molar-refractivity contribution in [2.24, 2.45) is 0 Å². The highest BCUT2D eigenvalue weighted by Gasteiger charge is 2.05. The second kappa shape index (κ2) is 4.75. The van der Waals surface area contributed by atoms with Gasteiger partial charge in [0.05, 0.1) is 6.20 Å². The van der Waals surface area contributed by atoms with Gasteiger partial charge >= 0.3 is 0 Å². The molecule has 1 aromatic heterocycles. The van der Waals surface area contributed by atoms with Crippen molar-refractivity contribution >= 4 is 0 Å². The van der Waals surface area contributed by atoms with Crippen LogP contribution >= 0.6 is 0 Å². The normalized spacial score (nSPS) is 10.5. The van der Waals surface area contributed by atoms with E-state index in [9.17, 15) is 0 Å². The average Bonchev–Trinajstić information content (AvgIpc) is 2.75. The monoisotopic (exact) mass is 201 g/mol. The van der Waals surface area contributed by atoms with E-state index in [0.29, 0.717) is 0 Å². The van der Waals surface area contributed by atoms with E-state index < -0.39 is 0 Å². The topological polar surface area (TPSA) is 40.7 Å². The minimum Gasteiger partial charge on any atom is -0.319 e. The van der Waals surface area contributed by atoms with Gasteiger partial charge in [-0.3, -0.25) is 5.10 Å². The van der Waals surface area contributed by atoms with Crippen LogP contribution in [-0.4, -0.2) is 23.8 Å². The van der Waals surface area contributed by atoms with Gasteiger partial charge in [0.15, 0.2) is 0 Å². The molecule has 0 radical (unpaired) electrons. The third kappa shape index (κ3) is 2.25. The first-order valence-electron chi connectivity index (χ1n) is 5.14. The summed E-state index contributed by atoms with van der Waals surface area (Å²) in [4.78, 5) is 0. The largest absolute Gasteiger partial charge is 0.319 e. The zero-order valence-corrected chi connectivity index (χ0v) is 8.83. The summed E-state index contributed by atoms with van der Waals surface area (Å²) in [6.45, 7) is 0.960. The van der Waals surface area contributed by atoms with Gasteiger partial charge in [-0.1, -0.05) is 30.3 Å². The summed E-state index contributed by atoms with van der Waals surface area (Å²) in [6, 6.07) is 10.3. The summed E-state index contributed by atoms with van der Waals surface area (Å²) in [5.41, 5.74) is 3.61. The van der Waals surface area contributed by atoms with Gasteiger partial charge in [-0.2, -0.15) is 5.10 Å². The molecule has 0 unspecified atom stereocenters. The Morgan fingerprint density at radius 1 is 1.27 bits per heavy atom. The number of H-pyrrole nitrogens is 1. The molecule has 0 fully saturated rings. The molecule has 0 bridgehead atoms. The van der Waals surface area contributed by atoms with Gasteiger partial charge in [0.2, 0.25) is 0 Å².